The van der Waals surface area contributed by atoms with Gasteiger partial charge in [-0.05, 0) is 35.4 Å². The van der Waals surface area contributed by atoms with Crippen molar-refractivity contribution in [2.24, 2.45) is 0 Å². The van der Waals surface area contributed by atoms with Crippen LogP contribution in [0.3, 0.4) is 0 Å². The number of ether oxygens (including phenoxy) is 1. The second-order valence-corrected chi connectivity index (χ2v) is 4.43. The number of hydrogen-bond donors (Lipinski definition) is 1. The number of carboxylic acid groups (broad SMARTS) is 1. The molecule has 0 atom stereocenters. The molecule has 2 aromatic carbocycles. The number of carbonyl (C=O) groups is 1. The number of nitrogens with zero attached hydrogens (tertiary/aromatic N) is 1. The van der Waals surface area contributed by atoms with Crippen LogP contribution in [0.25, 0.3) is 0 Å². The SMILES string of the molecule is O=C(O)Cc1cccc(OCc2ccc([N+](=O)[O-])cc2)c1. The van der Waals surface area contributed by atoms with Gasteiger partial charge < -0.3 is 9.84 Å². The van der Waals surface area contributed by atoms with Crippen LogP contribution < -0.4 is 4.74 Å². The molecular formula is C15H13NO5. The zero-order valence-electron chi connectivity index (χ0n) is 11.1. The molecule has 0 saturated heterocycles. The van der Waals surface area contributed by atoms with Gasteiger partial charge in [-0.25, -0.2) is 0 Å². The van der Waals surface area contributed by atoms with Gasteiger partial charge in [0.05, 0.1) is 11.3 Å². The minimum Gasteiger partial charge on any atom is -0.489 e. The summed E-state index contributed by atoms with van der Waals surface area (Å²) >= 11 is 0. The molecule has 0 bridgehead atoms. The van der Waals surface area contributed by atoms with Crippen molar-refractivity contribution >= 4 is 11.7 Å². The number of nitro benzene ring substituents is 1. The highest BCUT2D eigenvalue weighted by atomic mass is 16.6. The van der Waals surface area contributed by atoms with E-state index in [2.05, 4.69) is 0 Å². The summed E-state index contributed by atoms with van der Waals surface area (Å²) in [5.41, 5.74) is 1.48. The number of aliphatic carboxylic acids is 1. The van der Waals surface area contributed by atoms with Gasteiger partial charge in [-0.3, -0.25) is 14.9 Å². The van der Waals surface area contributed by atoms with Gasteiger partial charge in [0.1, 0.15) is 12.4 Å². The molecule has 0 amide bonds. The molecule has 108 valence electrons. The Morgan fingerprint density at radius 1 is 1.14 bits per heavy atom. The number of nitro groups is 1. The van der Waals surface area contributed by atoms with Gasteiger partial charge in [-0.1, -0.05) is 12.1 Å². The highest BCUT2D eigenvalue weighted by molar-refractivity contribution is 5.70. The monoisotopic (exact) mass is 287 g/mol. The van der Waals surface area contributed by atoms with Crippen molar-refractivity contribution < 1.29 is 19.6 Å². The predicted octanol–water partition coefficient (Wildman–Crippen LogP) is 2.80. The molecule has 0 spiro atoms. The number of hydrogen-bond acceptors (Lipinski definition) is 4. The summed E-state index contributed by atoms with van der Waals surface area (Å²) in [5, 5.41) is 19.3. The third-order valence-corrected chi connectivity index (χ3v) is 2.81. The summed E-state index contributed by atoms with van der Waals surface area (Å²) in [6.07, 6.45) is -0.0608. The maximum absolute atomic E-state index is 10.7. The molecule has 0 aliphatic carbocycles. The van der Waals surface area contributed by atoms with E-state index in [1.807, 2.05) is 0 Å². The molecule has 1 N–H and O–H groups in total. The maximum atomic E-state index is 10.7. The van der Waals surface area contributed by atoms with Crippen molar-refractivity contribution in [1.82, 2.24) is 0 Å². The van der Waals surface area contributed by atoms with Crippen molar-refractivity contribution in [3.05, 3.63) is 69.8 Å². The zero-order chi connectivity index (χ0) is 15.2. The van der Waals surface area contributed by atoms with E-state index in [-0.39, 0.29) is 18.7 Å². The summed E-state index contributed by atoms with van der Waals surface area (Å²) in [4.78, 5) is 20.7. The van der Waals surface area contributed by atoms with Crippen molar-refractivity contribution in [2.75, 3.05) is 0 Å². The molecule has 2 rings (SSSR count). The van der Waals surface area contributed by atoms with Crippen LogP contribution >= 0.6 is 0 Å². The quantitative estimate of drug-likeness (QED) is 0.651. The summed E-state index contributed by atoms with van der Waals surface area (Å²) in [6.45, 7) is 0.258. The summed E-state index contributed by atoms with van der Waals surface area (Å²) in [5.74, 6) is -0.338. The van der Waals surface area contributed by atoms with Crippen LogP contribution in [-0.4, -0.2) is 16.0 Å². The predicted molar refractivity (Wildman–Crippen MR) is 75.2 cm³/mol. The lowest BCUT2D eigenvalue weighted by Gasteiger charge is -2.07. The lowest BCUT2D eigenvalue weighted by Crippen LogP contribution is -2.01. The van der Waals surface area contributed by atoms with Crippen LogP contribution in [0.2, 0.25) is 0 Å². The molecule has 2 aromatic rings. The Labute approximate surface area is 120 Å². The van der Waals surface area contributed by atoms with E-state index in [0.29, 0.717) is 11.3 Å². The number of non-ortho nitro benzene ring substituents is 1. The fourth-order valence-electron chi connectivity index (χ4n) is 1.80. The normalized spacial score (nSPS) is 10.1. The van der Waals surface area contributed by atoms with E-state index < -0.39 is 10.9 Å². The largest absolute Gasteiger partial charge is 0.489 e. The summed E-state index contributed by atoms with van der Waals surface area (Å²) < 4.78 is 5.55. The van der Waals surface area contributed by atoms with Crippen LogP contribution in [-0.2, 0) is 17.8 Å². The average Bonchev–Trinajstić information content (AvgIpc) is 2.45. The Hall–Kier alpha value is -2.89. The lowest BCUT2D eigenvalue weighted by atomic mass is 10.1. The topological polar surface area (TPSA) is 89.7 Å². The Morgan fingerprint density at radius 2 is 1.86 bits per heavy atom. The molecular weight excluding hydrogens is 274 g/mol. The molecule has 6 nitrogen and oxygen atoms in total. The fraction of sp³-hybridized carbons (Fsp3) is 0.133. The zero-order valence-corrected chi connectivity index (χ0v) is 11.1. The van der Waals surface area contributed by atoms with Crippen molar-refractivity contribution in [3.63, 3.8) is 0 Å². The Kier molecular flexibility index (Phi) is 4.50. The molecule has 0 radical (unpaired) electrons. The lowest BCUT2D eigenvalue weighted by molar-refractivity contribution is -0.384. The first-order chi connectivity index (χ1) is 10.0. The van der Waals surface area contributed by atoms with Gasteiger partial charge in [0.25, 0.3) is 5.69 Å². The second-order valence-electron chi connectivity index (χ2n) is 4.43. The standard InChI is InChI=1S/C15H13NO5/c17-15(18)9-12-2-1-3-14(8-12)21-10-11-4-6-13(7-5-11)16(19)20/h1-8H,9-10H2,(H,17,18). The average molecular weight is 287 g/mol. The number of benzene rings is 2. The molecule has 0 aliphatic rings. The minimum absolute atomic E-state index is 0.0298. The van der Waals surface area contributed by atoms with E-state index in [9.17, 15) is 14.9 Å². The molecule has 6 heteroatoms. The van der Waals surface area contributed by atoms with E-state index in [1.54, 1.807) is 36.4 Å². The van der Waals surface area contributed by atoms with Gasteiger partial charge in [-0.2, -0.15) is 0 Å². The van der Waals surface area contributed by atoms with Crippen LogP contribution in [0.15, 0.2) is 48.5 Å². The third-order valence-electron chi connectivity index (χ3n) is 2.81. The van der Waals surface area contributed by atoms with E-state index in [1.165, 1.54) is 12.1 Å². The first-order valence-corrected chi connectivity index (χ1v) is 6.21. The van der Waals surface area contributed by atoms with E-state index >= 15 is 0 Å². The minimum atomic E-state index is -0.900. The molecule has 0 unspecified atom stereocenters. The van der Waals surface area contributed by atoms with Gasteiger partial charge in [-0.15, -0.1) is 0 Å². The summed E-state index contributed by atoms with van der Waals surface area (Å²) in [7, 11) is 0. The molecule has 21 heavy (non-hydrogen) atoms. The van der Waals surface area contributed by atoms with Crippen molar-refractivity contribution in [2.45, 2.75) is 13.0 Å². The highest BCUT2D eigenvalue weighted by Gasteiger charge is 2.05. The second kappa shape index (κ2) is 6.51. The van der Waals surface area contributed by atoms with Crippen LogP contribution in [0, 0.1) is 10.1 Å². The summed E-state index contributed by atoms with van der Waals surface area (Å²) in [6, 6.07) is 12.9. The molecule has 0 fully saturated rings. The Balaban J connectivity index is 1.99. The molecule has 0 heterocycles. The number of carboxylic acids is 1. The van der Waals surface area contributed by atoms with E-state index in [4.69, 9.17) is 9.84 Å². The van der Waals surface area contributed by atoms with Gasteiger partial charge in [0.15, 0.2) is 0 Å². The van der Waals surface area contributed by atoms with Crippen molar-refractivity contribution in [1.29, 1.82) is 0 Å². The van der Waals surface area contributed by atoms with Crippen LogP contribution in [0.5, 0.6) is 5.75 Å². The molecule has 0 aliphatic heterocycles. The van der Waals surface area contributed by atoms with Crippen LogP contribution in [0.4, 0.5) is 5.69 Å². The van der Waals surface area contributed by atoms with Gasteiger partial charge in [0.2, 0.25) is 0 Å². The molecule has 0 saturated carbocycles. The number of rotatable bonds is 6. The Morgan fingerprint density at radius 3 is 2.48 bits per heavy atom. The Bertz CT molecular complexity index is 651. The fourth-order valence-corrected chi connectivity index (χ4v) is 1.80. The van der Waals surface area contributed by atoms with Crippen molar-refractivity contribution in [3.8, 4) is 5.75 Å². The van der Waals surface area contributed by atoms with Gasteiger partial charge >= 0.3 is 5.97 Å². The first-order valence-electron chi connectivity index (χ1n) is 6.21. The maximum Gasteiger partial charge on any atom is 0.307 e. The smallest absolute Gasteiger partial charge is 0.307 e. The molecule has 0 aromatic heterocycles. The van der Waals surface area contributed by atoms with E-state index in [0.717, 1.165) is 5.56 Å². The first kappa shape index (κ1) is 14.5. The van der Waals surface area contributed by atoms with Crippen LogP contribution in [0.1, 0.15) is 11.1 Å². The van der Waals surface area contributed by atoms with Gasteiger partial charge in [0, 0.05) is 12.1 Å². The highest BCUT2D eigenvalue weighted by Crippen LogP contribution is 2.17. The third kappa shape index (κ3) is 4.31.